The first-order chi connectivity index (χ1) is 19.2. The number of nitrogens with zero attached hydrogens (tertiary/aromatic N) is 6. The van der Waals surface area contributed by atoms with Gasteiger partial charge in [0.05, 0.1) is 55.4 Å². The average Bonchev–Trinajstić information content (AvgIpc) is 2.91. The van der Waals surface area contributed by atoms with Crippen molar-refractivity contribution in [3.05, 3.63) is 17.8 Å². The quantitative estimate of drug-likeness (QED) is 0.383. The highest BCUT2D eigenvalue weighted by Gasteiger charge is 2.49. The van der Waals surface area contributed by atoms with Gasteiger partial charge in [-0.25, -0.2) is 10.4 Å². The van der Waals surface area contributed by atoms with Gasteiger partial charge in [-0.15, -0.1) is 0 Å². The zero-order valence-corrected chi connectivity index (χ0v) is 22.0. The number of hydrogen-bond acceptors (Lipinski definition) is 8. The van der Waals surface area contributed by atoms with Gasteiger partial charge in [0.2, 0.25) is 5.91 Å². The predicted octanol–water partition coefficient (Wildman–Crippen LogP) is 2.01. The lowest BCUT2D eigenvalue weighted by Gasteiger charge is -2.46. The van der Waals surface area contributed by atoms with E-state index in [0.717, 1.165) is 17.2 Å². The van der Waals surface area contributed by atoms with Crippen molar-refractivity contribution in [1.29, 1.82) is 0 Å². The molecule has 3 aliphatic heterocycles. The van der Waals surface area contributed by atoms with Crippen LogP contribution >= 0.6 is 0 Å². The van der Waals surface area contributed by atoms with Gasteiger partial charge in [0.15, 0.2) is 11.7 Å². The van der Waals surface area contributed by atoms with Crippen LogP contribution in [0.25, 0.3) is 0 Å². The summed E-state index contributed by atoms with van der Waals surface area (Å²) in [5.41, 5.74) is 0.305. The summed E-state index contributed by atoms with van der Waals surface area (Å²) in [6, 6.07) is -0.669. The number of amides is 3. The summed E-state index contributed by atoms with van der Waals surface area (Å²) in [7, 11) is 1.35. The zero-order valence-electron chi connectivity index (χ0n) is 22.0. The lowest BCUT2D eigenvalue weighted by Crippen LogP contribution is -2.63. The van der Waals surface area contributed by atoms with Crippen molar-refractivity contribution in [2.24, 2.45) is 16.0 Å². The maximum Gasteiger partial charge on any atom is 0.417 e. The molecule has 11 nitrogen and oxygen atoms in total. The third-order valence-electron chi connectivity index (χ3n) is 6.99. The molecule has 3 amide bonds. The number of likely N-dealkylation sites (N-methyl/N-ethyl adjacent to an activating group) is 1. The number of rotatable bonds is 7. The van der Waals surface area contributed by atoms with Crippen LogP contribution in [0.4, 0.5) is 37.8 Å². The molecule has 0 aliphatic carbocycles. The van der Waals surface area contributed by atoms with Gasteiger partial charge < -0.3 is 19.4 Å². The van der Waals surface area contributed by atoms with Gasteiger partial charge in [0.1, 0.15) is 6.04 Å². The molecule has 1 N–H and O–H groups in total. The van der Waals surface area contributed by atoms with E-state index in [4.69, 9.17) is 4.74 Å². The Balaban J connectivity index is 1.33. The Morgan fingerprint density at radius 1 is 1.22 bits per heavy atom. The summed E-state index contributed by atoms with van der Waals surface area (Å²) in [5, 5.41) is 3.40. The van der Waals surface area contributed by atoms with Crippen LogP contribution in [0.5, 0.6) is 0 Å². The van der Waals surface area contributed by atoms with Crippen molar-refractivity contribution in [1.82, 2.24) is 15.3 Å². The Morgan fingerprint density at radius 3 is 2.61 bits per heavy atom. The molecule has 0 bridgehead atoms. The van der Waals surface area contributed by atoms with E-state index in [1.165, 1.54) is 11.9 Å². The number of hydrazone groups is 1. The number of pyridine rings is 1. The summed E-state index contributed by atoms with van der Waals surface area (Å²) in [4.78, 5) is 49.6. The van der Waals surface area contributed by atoms with Crippen LogP contribution in [0, 0.1) is 5.92 Å². The normalized spacial score (nSPS) is 22.9. The summed E-state index contributed by atoms with van der Waals surface area (Å²) < 4.78 is 84.8. The fourth-order valence-corrected chi connectivity index (χ4v) is 4.74. The van der Waals surface area contributed by atoms with E-state index < -0.39 is 53.4 Å². The third kappa shape index (κ3) is 6.44. The maximum atomic E-state index is 13.3. The van der Waals surface area contributed by atoms with Crippen LogP contribution in [0.2, 0.25) is 0 Å². The first-order valence-corrected chi connectivity index (χ1v) is 12.7. The third-order valence-corrected chi connectivity index (χ3v) is 6.99. The Kier molecular flexibility index (Phi) is 8.56. The summed E-state index contributed by atoms with van der Waals surface area (Å²) in [6.07, 6.45) is -7.69. The first-order valence-electron chi connectivity index (χ1n) is 12.7. The lowest BCUT2D eigenvalue weighted by molar-refractivity contribution is -0.168. The largest absolute Gasteiger partial charge is 0.417 e. The van der Waals surface area contributed by atoms with Gasteiger partial charge >= 0.3 is 12.4 Å². The number of hydrogen-bond donors (Lipinski definition) is 1. The maximum absolute atomic E-state index is 13.3. The van der Waals surface area contributed by atoms with E-state index in [1.54, 1.807) is 17.2 Å². The van der Waals surface area contributed by atoms with E-state index in [0.29, 0.717) is 12.6 Å². The number of carbonyl (C=O) groups excluding carboxylic acids is 3. The first kappa shape index (κ1) is 30.2. The molecule has 3 aliphatic rings. The van der Waals surface area contributed by atoms with Crippen molar-refractivity contribution in [3.63, 3.8) is 0 Å². The van der Waals surface area contributed by atoms with Gasteiger partial charge in [0.25, 0.3) is 11.8 Å². The summed E-state index contributed by atoms with van der Waals surface area (Å²) in [5.74, 6) is -4.35. The smallest absolute Gasteiger partial charge is 0.379 e. The number of ether oxygens (including phenoxy) is 1. The molecule has 1 unspecified atom stereocenters. The molecule has 17 heteroatoms. The van der Waals surface area contributed by atoms with Gasteiger partial charge in [-0.3, -0.25) is 19.4 Å². The molecule has 1 fully saturated rings. The molecule has 0 saturated carbocycles. The van der Waals surface area contributed by atoms with Gasteiger partial charge in [-0.1, -0.05) is 6.92 Å². The van der Waals surface area contributed by atoms with Crippen molar-refractivity contribution in [2.45, 2.75) is 44.2 Å². The van der Waals surface area contributed by atoms with E-state index in [9.17, 15) is 40.7 Å². The predicted molar refractivity (Wildman–Crippen MR) is 133 cm³/mol. The molecule has 1 aromatic rings. The lowest BCUT2D eigenvalue weighted by atomic mass is 10.0. The minimum atomic E-state index is -4.84. The molecule has 4 rings (SSSR count). The average molecular weight is 592 g/mol. The molecule has 4 heterocycles. The second-order valence-corrected chi connectivity index (χ2v) is 9.66. The van der Waals surface area contributed by atoms with Crippen LogP contribution in [0.15, 0.2) is 22.4 Å². The topological polar surface area (TPSA) is 120 Å². The fraction of sp³-hybridized carbons (Fsp3) is 0.583. The van der Waals surface area contributed by atoms with Crippen LogP contribution in [-0.4, -0.2) is 97.7 Å². The Morgan fingerprint density at radius 2 is 1.95 bits per heavy atom. The Hall–Kier alpha value is -3.76. The van der Waals surface area contributed by atoms with Crippen LogP contribution in [-0.2, 0) is 25.3 Å². The Labute approximate surface area is 230 Å². The summed E-state index contributed by atoms with van der Waals surface area (Å²) in [6.45, 7) is 1.87. The van der Waals surface area contributed by atoms with Crippen LogP contribution in [0.3, 0.4) is 0 Å². The van der Waals surface area contributed by atoms with Crippen LogP contribution in [0.1, 0.15) is 25.3 Å². The minimum absolute atomic E-state index is 0.00435. The van der Waals surface area contributed by atoms with Gasteiger partial charge in [-0.05, 0) is 12.5 Å². The number of nitrogens with one attached hydrogen (secondary N) is 1. The molecule has 1 saturated heterocycles. The highest BCUT2D eigenvalue weighted by molar-refractivity contribution is 6.37. The highest BCUT2D eigenvalue weighted by Crippen LogP contribution is 2.39. The Bertz CT molecular complexity index is 1250. The van der Waals surface area contributed by atoms with E-state index >= 15 is 0 Å². The summed E-state index contributed by atoms with van der Waals surface area (Å²) >= 11 is 0. The standard InChI is InChI=1S/C24H27F6N7O4/c1-3-14(33-15-10-32-34-21(39)19(15)24(28,29)30)12-41-7-4-18(38)36-5-6-37-17(11-36)22(40)35(2)16-8-13(23(25,26)27)9-31-20(16)37/h8-10,14,17,19H,3-7,11-12H2,1-2H3,(H,34,39)/t14-,17-,19?/m0/s1. The van der Waals surface area contributed by atoms with Crippen molar-refractivity contribution in [3.8, 4) is 0 Å². The van der Waals surface area contributed by atoms with E-state index in [2.05, 4.69) is 15.1 Å². The number of aromatic nitrogens is 1. The van der Waals surface area contributed by atoms with Crippen molar-refractivity contribution < 1.29 is 45.5 Å². The fourth-order valence-electron chi connectivity index (χ4n) is 4.74. The monoisotopic (exact) mass is 591 g/mol. The van der Waals surface area contributed by atoms with Crippen molar-refractivity contribution >= 4 is 41.2 Å². The molecular formula is C24H27F6N7O4. The molecule has 224 valence electrons. The molecule has 0 radical (unpaired) electrons. The van der Waals surface area contributed by atoms with Crippen molar-refractivity contribution in [2.75, 3.05) is 49.7 Å². The number of fused-ring (bicyclic) bond motifs is 3. The second kappa shape index (κ2) is 11.6. The number of alkyl halides is 6. The highest BCUT2D eigenvalue weighted by atomic mass is 19.4. The van der Waals surface area contributed by atoms with E-state index in [-0.39, 0.29) is 56.7 Å². The number of piperazine rings is 1. The number of aliphatic imine (C=N–C) groups is 1. The van der Waals surface area contributed by atoms with Gasteiger partial charge in [-0.2, -0.15) is 31.4 Å². The molecule has 0 aromatic carbocycles. The molecule has 41 heavy (non-hydrogen) atoms. The molecule has 3 atom stereocenters. The number of anilines is 2. The van der Waals surface area contributed by atoms with E-state index in [1.807, 2.05) is 0 Å². The molecule has 1 aromatic heterocycles. The SMILES string of the molecule is CC[C@@H](COCCC(=O)N1CCN2c3ncc(C(F)(F)F)cc3N(C)C(=O)[C@@H]2C1)N=C1C=NNC(=O)C1C(F)(F)F. The zero-order chi connectivity index (χ0) is 30.1. The molecule has 0 spiro atoms. The number of halogens is 6. The number of carbonyl (C=O) groups is 3. The van der Waals surface area contributed by atoms with Crippen LogP contribution < -0.4 is 15.2 Å². The molecular weight excluding hydrogens is 564 g/mol. The second-order valence-electron chi connectivity index (χ2n) is 9.66. The minimum Gasteiger partial charge on any atom is -0.379 e. The van der Waals surface area contributed by atoms with Gasteiger partial charge in [0, 0.05) is 26.3 Å².